The van der Waals surface area contributed by atoms with Crippen LogP contribution in [0, 0.1) is 12.8 Å². The van der Waals surface area contributed by atoms with Crippen molar-refractivity contribution in [3.63, 3.8) is 0 Å². The number of carbonyl (C=O) groups excluding carboxylic acids is 2. The van der Waals surface area contributed by atoms with Crippen molar-refractivity contribution in [2.75, 3.05) is 26.2 Å². The molecule has 2 aliphatic heterocycles. The van der Waals surface area contributed by atoms with E-state index in [0.29, 0.717) is 49.2 Å². The molecule has 2 saturated heterocycles. The Bertz CT molecular complexity index is 859. The minimum atomic E-state index is -0.210. The van der Waals surface area contributed by atoms with E-state index in [2.05, 4.69) is 15.5 Å². The first-order valence-corrected chi connectivity index (χ1v) is 10.1. The maximum absolute atomic E-state index is 12.6. The van der Waals surface area contributed by atoms with Gasteiger partial charge in [-0.2, -0.15) is 0 Å². The van der Waals surface area contributed by atoms with Gasteiger partial charge in [0.25, 0.3) is 11.8 Å². The second kappa shape index (κ2) is 8.32. The fourth-order valence-corrected chi connectivity index (χ4v) is 4.23. The van der Waals surface area contributed by atoms with E-state index in [-0.39, 0.29) is 17.4 Å². The average Bonchev–Trinajstić information content (AvgIpc) is 3.19. The number of rotatable bonds is 4. The van der Waals surface area contributed by atoms with Gasteiger partial charge in [-0.15, -0.1) is 0 Å². The Kier molecular flexibility index (Phi) is 5.62. The van der Waals surface area contributed by atoms with Crippen LogP contribution >= 0.6 is 0 Å². The molecule has 0 aromatic carbocycles. The molecular formula is C21H26N4O4. The summed E-state index contributed by atoms with van der Waals surface area (Å²) in [6, 6.07) is 5.19. The summed E-state index contributed by atoms with van der Waals surface area (Å²) in [5, 5.41) is 6.85. The summed E-state index contributed by atoms with van der Waals surface area (Å²) >= 11 is 0. The van der Waals surface area contributed by atoms with Crippen LogP contribution in [0.1, 0.15) is 52.3 Å². The predicted octanol–water partition coefficient (Wildman–Crippen LogP) is 2.21. The first-order chi connectivity index (χ1) is 14.0. The number of carbonyl (C=O) groups is 2. The highest BCUT2D eigenvalue weighted by molar-refractivity contribution is 5.93. The molecule has 8 nitrogen and oxygen atoms in total. The van der Waals surface area contributed by atoms with Crippen molar-refractivity contribution in [1.29, 1.82) is 0 Å². The van der Waals surface area contributed by atoms with Crippen molar-refractivity contribution in [2.45, 2.75) is 38.2 Å². The Balaban J connectivity index is 1.29. The third-order valence-corrected chi connectivity index (χ3v) is 5.88. The quantitative estimate of drug-likeness (QED) is 0.848. The van der Waals surface area contributed by atoms with Crippen LogP contribution < -0.4 is 5.32 Å². The third-order valence-electron chi connectivity index (χ3n) is 5.88. The number of amides is 2. The zero-order valence-corrected chi connectivity index (χ0v) is 16.6. The minimum absolute atomic E-state index is 0.0900. The molecule has 2 aromatic rings. The van der Waals surface area contributed by atoms with Gasteiger partial charge in [-0.25, -0.2) is 0 Å². The molecule has 2 aliphatic rings. The van der Waals surface area contributed by atoms with Gasteiger partial charge >= 0.3 is 0 Å². The summed E-state index contributed by atoms with van der Waals surface area (Å²) in [5.41, 5.74) is 0.724. The lowest BCUT2D eigenvalue weighted by atomic mass is 9.79. The smallest absolute Gasteiger partial charge is 0.276 e. The van der Waals surface area contributed by atoms with Crippen molar-refractivity contribution < 1.29 is 18.8 Å². The zero-order valence-electron chi connectivity index (χ0n) is 16.6. The number of nitrogens with one attached hydrogen (secondary N) is 1. The number of aryl methyl sites for hydroxylation is 1. The number of hydrogen-bond donors (Lipinski definition) is 1. The Morgan fingerprint density at radius 1 is 1.34 bits per heavy atom. The topological polar surface area (TPSA) is 97.6 Å². The predicted molar refractivity (Wildman–Crippen MR) is 104 cm³/mol. The number of hydrogen-bond acceptors (Lipinski definition) is 6. The second-order valence-corrected chi connectivity index (χ2v) is 7.96. The third kappa shape index (κ3) is 4.48. The largest absolute Gasteiger partial charge is 0.375 e. The molecule has 4 heterocycles. The maximum atomic E-state index is 12.6. The van der Waals surface area contributed by atoms with Crippen molar-refractivity contribution in [2.24, 2.45) is 5.92 Å². The van der Waals surface area contributed by atoms with Gasteiger partial charge in [0.1, 0.15) is 5.76 Å². The molecule has 1 N–H and O–H groups in total. The number of ether oxygens (including phenoxy) is 1. The van der Waals surface area contributed by atoms with E-state index in [1.54, 1.807) is 37.5 Å². The molecular weight excluding hydrogens is 372 g/mol. The van der Waals surface area contributed by atoms with Crippen LogP contribution in [0.4, 0.5) is 0 Å². The lowest BCUT2D eigenvalue weighted by Crippen LogP contribution is -2.51. The molecule has 1 atom stereocenters. The van der Waals surface area contributed by atoms with Gasteiger partial charge in [0, 0.05) is 44.7 Å². The number of likely N-dealkylation sites (tertiary alicyclic amines) is 1. The second-order valence-electron chi connectivity index (χ2n) is 7.96. The van der Waals surface area contributed by atoms with E-state index in [4.69, 9.17) is 9.26 Å². The highest BCUT2D eigenvalue weighted by Gasteiger charge is 2.41. The van der Waals surface area contributed by atoms with Crippen LogP contribution in [-0.2, 0) is 4.74 Å². The molecule has 0 radical (unpaired) electrons. The van der Waals surface area contributed by atoms with Crippen LogP contribution in [0.2, 0.25) is 0 Å². The molecule has 2 fully saturated rings. The Morgan fingerprint density at radius 3 is 2.86 bits per heavy atom. The average molecular weight is 398 g/mol. The van der Waals surface area contributed by atoms with Gasteiger partial charge in [0.2, 0.25) is 0 Å². The van der Waals surface area contributed by atoms with Gasteiger partial charge in [0.05, 0.1) is 11.2 Å². The van der Waals surface area contributed by atoms with Gasteiger partial charge in [-0.1, -0.05) is 5.16 Å². The van der Waals surface area contributed by atoms with Crippen LogP contribution in [-0.4, -0.2) is 58.7 Å². The summed E-state index contributed by atoms with van der Waals surface area (Å²) in [5.74, 6) is 0.813. The van der Waals surface area contributed by atoms with E-state index in [9.17, 15) is 9.59 Å². The molecule has 4 rings (SSSR count). The first-order valence-electron chi connectivity index (χ1n) is 10.1. The lowest BCUT2D eigenvalue weighted by molar-refractivity contribution is -0.122. The van der Waals surface area contributed by atoms with E-state index >= 15 is 0 Å². The normalized spacial score (nSPS) is 21.1. The van der Waals surface area contributed by atoms with E-state index in [0.717, 1.165) is 25.7 Å². The standard InChI is InChI=1S/C21H26N4O4/c1-15-11-18(24-29-15)20(27)25-8-5-21(6-9-25)12-16(4-10-28-21)13-23-19(26)17-3-2-7-22-14-17/h2-3,7,11,14,16H,4-6,8-10,12-13H2,1H3,(H,23,26). The first kappa shape index (κ1) is 19.6. The summed E-state index contributed by atoms with van der Waals surface area (Å²) < 4.78 is 11.2. The fourth-order valence-electron chi connectivity index (χ4n) is 4.23. The van der Waals surface area contributed by atoms with Crippen molar-refractivity contribution >= 4 is 11.8 Å². The van der Waals surface area contributed by atoms with Crippen LogP contribution in [0.3, 0.4) is 0 Å². The molecule has 0 bridgehead atoms. The van der Waals surface area contributed by atoms with Gasteiger partial charge < -0.3 is 19.5 Å². The lowest BCUT2D eigenvalue weighted by Gasteiger charge is -2.46. The Morgan fingerprint density at radius 2 is 2.17 bits per heavy atom. The van der Waals surface area contributed by atoms with Gasteiger partial charge in [-0.05, 0) is 50.7 Å². The summed E-state index contributed by atoms with van der Waals surface area (Å²) in [4.78, 5) is 30.6. The van der Waals surface area contributed by atoms with Gasteiger partial charge in [0.15, 0.2) is 5.69 Å². The molecule has 154 valence electrons. The van der Waals surface area contributed by atoms with Crippen molar-refractivity contribution in [3.05, 3.63) is 47.6 Å². The molecule has 0 saturated carbocycles. The number of piperidine rings is 1. The molecule has 29 heavy (non-hydrogen) atoms. The number of pyridine rings is 1. The monoisotopic (exact) mass is 398 g/mol. The molecule has 2 aromatic heterocycles. The van der Waals surface area contributed by atoms with Gasteiger partial charge in [-0.3, -0.25) is 14.6 Å². The molecule has 8 heteroatoms. The number of nitrogens with zero attached hydrogens (tertiary/aromatic N) is 3. The summed E-state index contributed by atoms with van der Waals surface area (Å²) in [6.07, 6.45) is 6.64. The Labute approximate surface area is 169 Å². The molecule has 2 amide bonds. The Hall–Kier alpha value is -2.74. The van der Waals surface area contributed by atoms with Crippen LogP contribution in [0.5, 0.6) is 0 Å². The van der Waals surface area contributed by atoms with Crippen molar-refractivity contribution in [3.8, 4) is 0 Å². The van der Waals surface area contributed by atoms with E-state index in [1.807, 2.05) is 4.90 Å². The van der Waals surface area contributed by atoms with E-state index in [1.165, 1.54) is 0 Å². The summed E-state index contributed by atoms with van der Waals surface area (Å²) in [6.45, 7) is 4.36. The fraction of sp³-hybridized carbons (Fsp3) is 0.524. The van der Waals surface area contributed by atoms with E-state index < -0.39 is 0 Å². The maximum Gasteiger partial charge on any atom is 0.276 e. The highest BCUT2D eigenvalue weighted by Crippen LogP contribution is 2.37. The number of aromatic nitrogens is 2. The van der Waals surface area contributed by atoms with Crippen LogP contribution in [0.15, 0.2) is 35.1 Å². The molecule has 0 aliphatic carbocycles. The SMILES string of the molecule is Cc1cc(C(=O)N2CCC3(CC2)CC(CNC(=O)c2cccnc2)CCO3)no1. The minimum Gasteiger partial charge on any atom is -0.375 e. The highest BCUT2D eigenvalue weighted by atomic mass is 16.5. The van der Waals surface area contributed by atoms with Crippen molar-refractivity contribution in [1.82, 2.24) is 20.4 Å². The molecule has 1 spiro atoms. The molecule has 1 unspecified atom stereocenters. The zero-order chi connectivity index (χ0) is 20.3. The van der Waals surface area contributed by atoms with Crippen LogP contribution in [0.25, 0.3) is 0 Å². The summed E-state index contributed by atoms with van der Waals surface area (Å²) in [7, 11) is 0.